The molecule has 2 N–H and O–H groups in total. The fourth-order valence-electron chi connectivity index (χ4n) is 5.98. The molecule has 0 spiro atoms. The number of ketones is 1. The molecule has 0 radical (unpaired) electrons. The first kappa shape index (κ1) is 41.8. The number of amides is 1. The molecule has 0 saturated heterocycles. The predicted molar refractivity (Wildman–Crippen MR) is 209 cm³/mol. The summed E-state index contributed by atoms with van der Waals surface area (Å²) in [7, 11) is 1.40. The number of thioether (sulfide) groups is 1. The van der Waals surface area contributed by atoms with Gasteiger partial charge in [-0.15, -0.1) is 0 Å². The van der Waals surface area contributed by atoms with Crippen molar-refractivity contribution in [1.29, 1.82) is 0 Å². The van der Waals surface area contributed by atoms with E-state index in [1.54, 1.807) is 11.8 Å². The van der Waals surface area contributed by atoms with E-state index in [4.69, 9.17) is 4.74 Å². The zero-order valence-corrected chi connectivity index (χ0v) is 32.1. The fourth-order valence-corrected chi connectivity index (χ4v) is 7.13. The van der Waals surface area contributed by atoms with Crippen LogP contribution in [-0.2, 0) is 34.1 Å². The monoisotopic (exact) mass is 734 g/mol. The molecule has 51 heavy (non-hydrogen) atoms. The Hall–Kier alpha value is -3.60. The molecule has 0 aromatic heterocycles. The van der Waals surface area contributed by atoms with Crippen LogP contribution in [0.25, 0.3) is 0 Å². The first-order valence-electron chi connectivity index (χ1n) is 17.7. The van der Waals surface area contributed by atoms with Crippen molar-refractivity contribution in [3.05, 3.63) is 108 Å². The zero-order valence-electron chi connectivity index (χ0n) is 30.4. The van der Waals surface area contributed by atoms with E-state index in [0.29, 0.717) is 13.0 Å². The van der Waals surface area contributed by atoms with Gasteiger partial charge in [0.05, 0.1) is 19.1 Å². The van der Waals surface area contributed by atoms with Crippen LogP contribution in [0.4, 0.5) is 0 Å². The Labute approximate surface area is 313 Å². The molecule has 1 unspecified atom stereocenters. The minimum Gasteiger partial charge on any atom is -0.469 e. The SMILES string of the molecule is COC(=O)CCCCCSCCNC(=O)CCC(CN[C@@H](CS)C(=O)C(c1ccccc1)(c1ccccc1)c1ccccc1)C(=O)OC(C)(C)C. The van der Waals surface area contributed by atoms with Crippen LogP contribution in [0, 0.1) is 5.92 Å². The smallest absolute Gasteiger partial charge is 0.310 e. The molecule has 8 nitrogen and oxygen atoms in total. The number of carbonyl (C=O) groups excluding carboxylic acids is 4. The number of methoxy groups -OCH3 is 1. The molecule has 0 aliphatic carbocycles. The number of rotatable bonds is 22. The van der Waals surface area contributed by atoms with Crippen molar-refractivity contribution in [2.75, 3.05) is 37.5 Å². The van der Waals surface area contributed by atoms with E-state index in [2.05, 4.69) is 28.0 Å². The average Bonchev–Trinajstić information content (AvgIpc) is 3.13. The zero-order chi connectivity index (χ0) is 37.1. The minimum absolute atomic E-state index is 0.0947. The number of Topliss-reactive ketones (excluding diaryl/α,β-unsaturated/α-hetero) is 1. The predicted octanol–water partition coefficient (Wildman–Crippen LogP) is 6.80. The number of carbonyl (C=O) groups is 4. The second-order valence-corrected chi connectivity index (χ2v) is 15.1. The first-order valence-corrected chi connectivity index (χ1v) is 19.5. The van der Waals surface area contributed by atoms with Crippen LogP contribution in [0.5, 0.6) is 0 Å². The van der Waals surface area contributed by atoms with E-state index < -0.39 is 28.9 Å². The van der Waals surface area contributed by atoms with Gasteiger partial charge in [0.15, 0.2) is 5.78 Å². The second-order valence-electron chi connectivity index (χ2n) is 13.5. The molecule has 0 bridgehead atoms. The summed E-state index contributed by atoms with van der Waals surface area (Å²) in [5.74, 6) is 0.425. The highest BCUT2D eigenvalue weighted by Crippen LogP contribution is 2.41. The maximum atomic E-state index is 15.0. The third-order valence-electron chi connectivity index (χ3n) is 8.53. The van der Waals surface area contributed by atoms with Gasteiger partial charge in [0, 0.05) is 37.4 Å². The Bertz CT molecular complexity index is 1400. The molecule has 2 atom stereocenters. The topological polar surface area (TPSA) is 111 Å². The molecule has 0 saturated carbocycles. The van der Waals surface area contributed by atoms with Gasteiger partial charge in [0.2, 0.25) is 5.91 Å². The number of ether oxygens (including phenoxy) is 2. The number of benzene rings is 3. The summed E-state index contributed by atoms with van der Waals surface area (Å²) in [5.41, 5.74) is 0.636. The maximum Gasteiger partial charge on any atom is 0.310 e. The molecule has 0 aliphatic heterocycles. The molecular formula is C41H54N2O6S2. The molecular weight excluding hydrogens is 681 g/mol. The summed E-state index contributed by atoms with van der Waals surface area (Å²) in [6, 6.07) is 28.5. The molecule has 10 heteroatoms. The quantitative estimate of drug-likeness (QED) is 0.0448. The Balaban J connectivity index is 1.71. The number of esters is 2. The summed E-state index contributed by atoms with van der Waals surface area (Å²) < 4.78 is 10.4. The highest BCUT2D eigenvalue weighted by Gasteiger charge is 2.46. The lowest BCUT2D eigenvalue weighted by Crippen LogP contribution is -2.52. The van der Waals surface area contributed by atoms with E-state index in [-0.39, 0.29) is 42.8 Å². The van der Waals surface area contributed by atoms with Crippen LogP contribution in [0.1, 0.15) is 76.0 Å². The van der Waals surface area contributed by atoms with Gasteiger partial charge in [-0.2, -0.15) is 24.4 Å². The van der Waals surface area contributed by atoms with Crippen LogP contribution < -0.4 is 10.6 Å². The van der Waals surface area contributed by atoms with Crippen molar-refractivity contribution in [2.24, 2.45) is 5.92 Å². The van der Waals surface area contributed by atoms with E-state index >= 15 is 4.79 Å². The molecule has 3 aromatic carbocycles. The van der Waals surface area contributed by atoms with Crippen LogP contribution in [0.15, 0.2) is 91.0 Å². The van der Waals surface area contributed by atoms with Crippen molar-refractivity contribution in [2.45, 2.75) is 76.4 Å². The summed E-state index contributed by atoms with van der Waals surface area (Å²) in [6.45, 7) is 6.10. The van der Waals surface area contributed by atoms with Gasteiger partial charge in [-0.25, -0.2) is 0 Å². The maximum absolute atomic E-state index is 15.0. The normalized spacial score (nSPS) is 12.8. The highest BCUT2D eigenvalue weighted by molar-refractivity contribution is 7.99. The lowest BCUT2D eigenvalue weighted by Gasteiger charge is -2.37. The number of nitrogens with one attached hydrogen (secondary N) is 2. The van der Waals surface area contributed by atoms with E-state index in [9.17, 15) is 14.4 Å². The second kappa shape index (κ2) is 21.7. The van der Waals surface area contributed by atoms with Gasteiger partial charge in [0.1, 0.15) is 11.0 Å². The lowest BCUT2D eigenvalue weighted by molar-refractivity contribution is -0.160. The van der Waals surface area contributed by atoms with Gasteiger partial charge in [-0.3, -0.25) is 19.2 Å². The van der Waals surface area contributed by atoms with Crippen molar-refractivity contribution >= 4 is 48.0 Å². The standard InChI is InChI=1S/C41H54N2O6S2/c1-40(2,3)49-39(47)31(24-25-36(44)42-26-28-51-27-16-8-15-23-37(45)48-4)29-43-35(30-50)38(46)41(32-17-9-5-10-18-32,33-19-11-6-12-20-33)34-21-13-7-14-22-34/h5-7,9-14,17-22,31,35,43,50H,8,15-16,23-30H2,1-4H3,(H,42,44)/t31?,35-/m0/s1. The first-order chi connectivity index (χ1) is 24.5. The molecule has 0 fully saturated rings. The molecule has 0 aliphatic rings. The third-order valence-corrected chi connectivity index (χ3v) is 9.96. The van der Waals surface area contributed by atoms with Crippen LogP contribution in [0.3, 0.4) is 0 Å². The Morgan fingerprint density at radius 1 is 0.765 bits per heavy atom. The van der Waals surface area contributed by atoms with Gasteiger partial charge < -0.3 is 20.1 Å². The highest BCUT2D eigenvalue weighted by atomic mass is 32.2. The summed E-state index contributed by atoms with van der Waals surface area (Å²) in [4.78, 5) is 52.5. The van der Waals surface area contributed by atoms with Crippen LogP contribution in [-0.4, -0.2) is 72.7 Å². The lowest BCUT2D eigenvalue weighted by atomic mass is 9.65. The van der Waals surface area contributed by atoms with E-state index in [1.165, 1.54) is 7.11 Å². The average molecular weight is 735 g/mol. The van der Waals surface area contributed by atoms with Crippen LogP contribution in [0.2, 0.25) is 0 Å². The number of hydrogen-bond donors (Lipinski definition) is 3. The molecule has 1 amide bonds. The molecule has 0 heterocycles. The number of thiol groups is 1. The largest absolute Gasteiger partial charge is 0.469 e. The summed E-state index contributed by atoms with van der Waals surface area (Å²) in [6.07, 6.45) is 3.62. The molecule has 3 aromatic rings. The summed E-state index contributed by atoms with van der Waals surface area (Å²) >= 11 is 6.39. The van der Waals surface area contributed by atoms with Gasteiger partial charge >= 0.3 is 11.9 Å². The van der Waals surface area contributed by atoms with Crippen molar-refractivity contribution in [3.8, 4) is 0 Å². The molecule has 3 rings (SSSR count). The van der Waals surface area contributed by atoms with Gasteiger partial charge in [0.25, 0.3) is 0 Å². The van der Waals surface area contributed by atoms with Crippen molar-refractivity contribution < 1.29 is 28.7 Å². The summed E-state index contributed by atoms with van der Waals surface area (Å²) in [5, 5.41) is 6.34. The van der Waals surface area contributed by atoms with Crippen LogP contribution >= 0.6 is 24.4 Å². The van der Waals surface area contributed by atoms with E-state index in [1.807, 2.05) is 112 Å². The molecule has 276 valence electrons. The number of hydrogen-bond acceptors (Lipinski definition) is 9. The van der Waals surface area contributed by atoms with Gasteiger partial charge in [-0.05, 0) is 62.5 Å². The minimum atomic E-state index is -1.15. The van der Waals surface area contributed by atoms with Gasteiger partial charge in [-0.1, -0.05) is 97.4 Å². The Morgan fingerprint density at radius 2 is 1.31 bits per heavy atom. The van der Waals surface area contributed by atoms with E-state index in [0.717, 1.165) is 47.5 Å². The Kier molecular flexibility index (Phi) is 17.8. The fraction of sp³-hybridized carbons (Fsp3) is 0.463. The van der Waals surface area contributed by atoms with Crippen molar-refractivity contribution in [3.63, 3.8) is 0 Å². The Morgan fingerprint density at radius 3 is 1.80 bits per heavy atom. The third kappa shape index (κ3) is 13.2. The van der Waals surface area contributed by atoms with Crippen molar-refractivity contribution in [1.82, 2.24) is 10.6 Å². The number of unbranched alkanes of at least 4 members (excludes halogenated alkanes) is 2.